The molecule has 0 aliphatic rings. The van der Waals surface area contributed by atoms with Gasteiger partial charge < -0.3 is 14.4 Å². The van der Waals surface area contributed by atoms with E-state index in [9.17, 15) is 9.50 Å². The maximum atomic E-state index is 13.1. The molecule has 0 amide bonds. The fraction of sp³-hybridized carbons (Fsp3) is 0.474. The van der Waals surface area contributed by atoms with Gasteiger partial charge in [-0.25, -0.2) is 4.39 Å². The van der Waals surface area contributed by atoms with Crippen LogP contribution in [0.5, 0.6) is 0 Å². The van der Waals surface area contributed by atoms with Gasteiger partial charge in [-0.05, 0) is 43.7 Å². The summed E-state index contributed by atoms with van der Waals surface area (Å²) in [6, 6.07) is 10.6. The smallest absolute Gasteiger partial charge is 0.123 e. The number of hydrogen-bond acceptors (Lipinski definition) is 3. The van der Waals surface area contributed by atoms with Gasteiger partial charge in [-0.3, -0.25) is 4.90 Å². The molecule has 1 atom stereocenters. The SMILES string of the molecule is CC(C)OCC(O)CN(Cc1ccc(F)cc1)Cc1cccn1C. The summed E-state index contributed by atoms with van der Waals surface area (Å²) < 4.78 is 20.7. The van der Waals surface area contributed by atoms with Crippen LogP contribution in [-0.4, -0.2) is 39.9 Å². The summed E-state index contributed by atoms with van der Waals surface area (Å²) in [7, 11) is 2.00. The van der Waals surface area contributed by atoms with E-state index < -0.39 is 6.10 Å². The summed E-state index contributed by atoms with van der Waals surface area (Å²) in [4.78, 5) is 2.15. The van der Waals surface area contributed by atoms with Crippen LogP contribution in [0.4, 0.5) is 4.39 Å². The van der Waals surface area contributed by atoms with Gasteiger partial charge in [0.1, 0.15) is 5.82 Å². The number of halogens is 1. The van der Waals surface area contributed by atoms with Crippen molar-refractivity contribution < 1.29 is 14.2 Å². The molecule has 0 spiro atoms. The molecule has 132 valence electrons. The van der Waals surface area contributed by atoms with Gasteiger partial charge >= 0.3 is 0 Å². The highest BCUT2D eigenvalue weighted by molar-refractivity contribution is 5.16. The van der Waals surface area contributed by atoms with Crippen molar-refractivity contribution >= 4 is 0 Å². The monoisotopic (exact) mass is 334 g/mol. The van der Waals surface area contributed by atoms with Crippen LogP contribution in [0.15, 0.2) is 42.6 Å². The second kappa shape index (κ2) is 8.97. The lowest BCUT2D eigenvalue weighted by atomic mass is 10.2. The van der Waals surface area contributed by atoms with Crippen LogP contribution in [0.1, 0.15) is 25.1 Å². The summed E-state index contributed by atoms with van der Waals surface area (Å²) in [6.45, 7) is 6.06. The zero-order valence-electron chi connectivity index (χ0n) is 14.7. The van der Waals surface area contributed by atoms with Gasteiger partial charge in [-0.2, -0.15) is 0 Å². The van der Waals surface area contributed by atoms with Gasteiger partial charge in [0.2, 0.25) is 0 Å². The van der Waals surface area contributed by atoms with Gasteiger partial charge in [0.25, 0.3) is 0 Å². The highest BCUT2D eigenvalue weighted by atomic mass is 19.1. The second-order valence-electron chi connectivity index (χ2n) is 6.44. The molecule has 1 heterocycles. The van der Waals surface area contributed by atoms with E-state index in [1.54, 1.807) is 12.1 Å². The molecule has 2 aromatic rings. The summed E-state index contributed by atoms with van der Waals surface area (Å²) in [5, 5.41) is 10.3. The fourth-order valence-corrected chi connectivity index (χ4v) is 2.58. The minimum atomic E-state index is -0.562. The first-order valence-corrected chi connectivity index (χ1v) is 8.30. The van der Waals surface area contributed by atoms with Crippen molar-refractivity contribution in [3.05, 3.63) is 59.7 Å². The zero-order valence-corrected chi connectivity index (χ0v) is 14.7. The van der Waals surface area contributed by atoms with E-state index in [-0.39, 0.29) is 11.9 Å². The zero-order chi connectivity index (χ0) is 17.5. The molecule has 4 nitrogen and oxygen atoms in total. The van der Waals surface area contributed by atoms with Crippen LogP contribution < -0.4 is 0 Å². The average Bonchev–Trinajstić information content (AvgIpc) is 2.92. The molecule has 0 saturated carbocycles. The van der Waals surface area contributed by atoms with Crippen molar-refractivity contribution in [3.8, 4) is 0 Å². The molecule has 1 N–H and O–H groups in total. The first-order valence-electron chi connectivity index (χ1n) is 8.30. The van der Waals surface area contributed by atoms with E-state index in [1.807, 2.05) is 33.2 Å². The molecule has 1 unspecified atom stereocenters. The maximum Gasteiger partial charge on any atom is 0.123 e. The van der Waals surface area contributed by atoms with Crippen LogP contribution in [0.3, 0.4) is 0 Å². The molecule has 0 aliphatic heterocycles. The van der Waals surface area contributed by atoms with Crippen LogP contribution in [0, 0.1) is 5.82 Å². The third kappa shape index (κ3) is 6.07. The Morgan fingerprint density at radius 1 is 1.17 bits per heavy atom. The Labute approximate surface area is 143 Å². The molecular weight excluding hydrogens is 307 g/mol. The van der Waals surface area contributed by atoms with Crippen LogP contribution in [0.25, 0.3) is 0 Å². The Bertz CT molecular complexity index is 610. The molecule has 0 radical (unpaired) electrons. The third-order valence-electron chi connectivity index (χ3n) is 3.85. The first kappa shape index (κ1) is 18.6. The molecule has 24 heavy (non-hydrogen) atoms. The van der Waals surface area contributed by atoms with Crippen LogP contribution >= 0.6 is 0 Å². The van der Waals surface area contributed by atoms with Crippen LogP contribution in [-0.2, 0) is 24.9 Å². The molecule has 1 aromatic carbocycles. The highest BCUT2D eigenvalue weighted by Gasteiger charge is 2.15. The second-order valence-corrected chi connectivity index (χ2v) is 6.44. The number of aliphatic hydroxyl groups excluding tert-OH is 1. The Kier molecular flexibility index (Phi) is 6.97. The van der Waals surface area contributed by atoms with Gasteiger partial charge in [-0.15, -0.1) is 0 Å². The van der Waals surface area contributed by atoms with E-state index in [1.165, 1.54) is 12.1 Å². The summed E-state index contributed by atoms with van der Waals surface area (Å²) in [5.41, 5.74) is 2.18. The van der Waals surface area contributed by atoms with Gasteiger partial charge in [-0.1, -0.05) is 12.1 Å². The molecule has 5 heteroatoms. The normalized spacial score (nSPS) is 13.0. The topological polar surface area (TPSA) is 37.6 Å². The lowest BCUT2D eigenvalue weighted by molar-refractivity contribution is -0.0109. The van der Waals surface area contributed by atoms with Crippen molar-refractivity contribution in [3.63, 3.8) is 0 Å². The Balaban J connectivity index is 2.02. The van der Waals surface area contributed by atoms with E-state index >= 15 is 0 Å². The third-order valence-corrected chi connectivity index (χ3v) is 3.85. The van der Waals surface area contributed by atoms with Gasteiger partial charge in [0, 0.05) is 38.6 Å². The highest BCUT2D eigenvalue weighted by Crippen LogP contribution is 2.12. The summed E-state index contributed by atoms with van der Waals surface area (Å²) in [6.07, 6.45) is 1.54. The standard InChI is InChI=1S/C19H27FN2O2/c1-15(2)24-14-19(23)13-22(12-18-5-4-10-21(18)3)11-16-6-8-17(20)9-7-16/h4-10,15,19,23H,11-14H2,1-3H3. The van der Waals surface area contributed by atoms with E-state index in [0.29, 0.717) is 26.2 Å². The molecule has 0 bridgehead atoms. The number of nitrogens with zero attached hydrogens (tertiary/aromatic N) is 2. The van der Waals surface area contributed by atoms with E-state index in [0.717, 1.165) is 11.3 Å². The van der Waals surface area contributed by atoms with Crippen LogP contribution in [0.2, 0.25) is 0 Å². The predicted molar refractivity (Wildman–Crippen MR) is 93.0 cm³/mol. The molecular formula is C19H27FN2O2. The average molecular weight is 334 g/mol. The minimum absolute atomic E-state index is 0.0954. The van der Waals surface area contributed by atoms with Crippen molar-refractivity contribution in [1.29, 1.82) is 0 Å². The maximum absolute atomic E-state index is 13.1. The van der Waals surface area contributed by atoms with Crippen molar-refractivity contribution in [2.45, 2.75) is 39.1 Å². The minimum Gasteiger partial charge on any atom is -0.389 e. The van der Waals surface area contributed by atoms with E-state index in [4.69, 9.17) is 4.74 Å². The fourth-order valence-electron chi connectivity index (χ4n) is 2.58. The van der Waals surface area contributed by atoms with Gasteiger partial charge in [0.05, 0.1) is 18.8 Å². The Morgan fingerprint density at radius 2 is 1.88 bits per heavy atom. The lowest BCUT2D eigenvalue weighted by Gasteiger charge is -2.26. The number of ether oxygens (including phenoxy) is 1. The Morgan fingerprint density at radius 3 is 2.46 bits per heavy atom. The van der Waals surface area contributed by atoms with Gasteiger partial charge in [0.15, 0.2) is 0 Å². The number of aromatic nitrogens is 1. The molecule has 2 rings (SSSR count). The predicted octanol–water partition coefficient (Wildman–Crippen LogP) is 2.95. The van der Waals surface area contributed by atoms with Crippen molar-refractivity contribution in [2.24, 2.45) is 7.05 Å². The number of benzene rings is 1. The van der Waals surface area contributed by atoms with Crippen molar-refractivity contribution in [1.82, 2.24) is 9.47 Å². The van der Waals surface area contributed by atoms with E-state index in [2.05, 4.69) is 15.5 Å². The molecule has 0 fully saturated rings. The number of aryl methyl sites for hydroxylation is 1. The summed E-state index contributed by atoms with van der Waals surface area (Å²) >= 11 is 0. The lowest BCUT2D eigenvalue weighted by Crippen LogP contribution is -2.35. The molecule has 0 aliphatic carbocycles. The summed E-state index contributed by atoms with van der Waals surface area (Å²) in [5.74, 6) is -0.238. The quantitative estimate of drug-likeness (QED) is 0.766. The first-order chi connectivity index (χ1) is 11.4. The number of rotatable bonds is 9. The number of hydrogen-bond donors (Lipinski definition) is 1. The largest absolute Gasteiger partial charge is 0.389 e. The molecule has 1 aromatic heterocycles. The van der Waals surface area contributed by atoms with Crippen molar-refractivity contribution in [2.75, 3.05) is 13.2 Å². The number of aliphatic hydroxyl groups is 1. The molecule has 0 saturated heterocycles. The Hall–Kier alpha value is -1.69.